The zero-order chi connectivity index (χ0) is 22.5. The van der Waals surface area contributed by atoms with E-state index in [0.717, 1.165) is 62.1 Å². The second-order valence-electron chi connectivity index (χ2n) is 8.76. The van der Waals surface area contributed by atoms with Gasteiger partial charge in [-0.15, -0.1) is 0 Å². The largest absolute Gasteiger partial charge is 0.342 e. The van der Waals surface area contributed by atoms with Gasteiger partial charge in [0.25, 0.3) is 0 Å². The number of piperidine rings is 1. The molecule has 2 amide bonds. The average molecular weight is 474 g/mol. The Morgan fingerprint density at radius 2 is 1.72 bits per heavy atom. The summed E-state index contributed by atoms with van der Waals surface area (Å²) >= 11 is 12.3. The first-order valence-corrected chi connectivity index (χ1v) is 12.1. The Morgan fingerprint density at radius 3 is 2.44 bits per heavy atom. The van der Waals surface area contributed by atoms with E-state index < -0.39 is 0 Å². The highest BCUT2D eigenvalue weighted by atomic mass is 35.5. The number of hydrogen-bond donors (Lipinski definition) is 1. The molecule has 0 bridgehead atoms. The number of amides is 2. The first-order chi connectivity index (χ1) is 15.5. The van der Waals surface area contributed by atoms with E-state index in [9.17, 15) is 9.59 Å². The molecule has 0 aromatic heterocycles. The summed E-state index contributed by atoms with van der Waals surface area (Å²) in [6.07, 6.45) is 4.46. The third kappa shape index (κ3) is 6.03. The monoisotopic (exact) mass is 473 g/mol. The van der Waals surface area contributed by atoms with Crippen LogP contribution in [0.25, 0.3) is 0 Å². The molecule has 0 saturated carbocycles. The van der Waals surface area contributed by atoms with Crippen molar-refractivity contribution >= 4 is 40.7 Å². The first-order valence-electron chi connectivity index (χ1n) is 11.3. The molecule has 2 saturated heterocycles. The average Bonchev–Trinajstić information content (AvgIpc) is 3.32. The van der Waals surface area contributed by atoms with Crippen molar-refractivity contribution in [2.45, 2.75) is 38.6 Å². The summed E-state index contributed by atoms with van der Waals surface area (Å²) in [5, 5.41) is 4.33. The molecule has 1 unspecified atom stereocenters. The summed E-state index contributed by atoms with van der Waals surface area (Å²) in [5.41, 5.74) is 2.77. The highest BCUT2D eigenvalue weighted by Gasteiger charge is 2.26. The first kappa shape index (κ1) is 23.1. The van der Waals surface area contributed by atoms with Crippen LogP contribution in [0.5, 0.6) is 0 Å². The number of carbonyl (C=O) groups is 2. The zero-order valence-corrected chi connectivity index (χ0v) is 19.7. The standard InChI is InChI=1S/C25H29Cl2N3O2/c26-21-8-7-19(23(27)15-21)16-29-11-3-4-20(17-29)25(32)28-22-9-5-18(6-10-22)14-24(31)30-12-1-2-13-30/h5-10,15,20H,1-4,11-14,16-17H2,(H,28,32). The van der Waals surface area contributed by atoms with Gasteiger partial charge in [0.05, 0.1) is 12.3 Å². The van der Waals surface area contributed by atoms with Gasteiger partial charge >= 0.3 is 0 Å². The van der Waals surface area contributed by atoms with Gasteiger partial charge in [-0.25, -0.2) is 0 Å². The number of nitrogens with one attached hydrogen (secondary N) is 1. The smallest absolute Gasteiger partial charge is 0.228 e. The Balaban J connectivity index is 1.29. The second kappa shape index (κ2) is 10.7. The van der Waals surface area contributed by atoms with Crippen LogP contribution in [-0.4, -0.2) is 47.8 Å². The van der Waals surface area contributed by atoms with Crippen molar-refractivity contribution in [2.75, 3.05) is 31.5 Å². The van der Waals surface area contributed by atoms with E-state index in [0.29, 0.717) is 29.6 Å². The van der Waals surface area contributed by atoms with Crippen LogP contribution in [0.2, 0.25) is 10.0 Å². The fourth-order valence-corrected chi connectivity index (χ4v) is 4.98. The number of anilines is 1. The molecule has 2 aliphatic rings. The Morgan fingerprint density at radius 1 is 0.969 bits per heavy atom. The van der Waals surface area contributed by atoms with Crippen molar-refractivity contribution < 1.29 is 9.59 Å². The van der Waals surface area contributed by atoms with Gasteiger partial charge in [0.1, 0.15) is 0 Å². The van der Waals surface area contributed by atoms with Crippen molar-refractivity contribution in [1.82, 2.24) is 9.80 Å². The molecule has 2 heterocycles. The summed E-state index contributed by atoms with van der Waals surface area (Å²) in [6.45, 7) is 4.10. The molecule has 2 aromatic carbocycles. The molecule has 0 aliphatic carbocycles. The van der Waals surface area contributed by atoms with E-state index in [2.05, 4.69) is 10.2 Å². The third-order valence-electron chi connectivity index (χ3n) is 6.32. The Labute approximate surface area is 199 Å². The van der Waals surface area contributed by atoms with Gasteiger partial charge in [0.2, 0.25) is 11.8 Å². The Kier molecular flexibility index (Phi) is 7.71. The Bertz CT molecular complexity index is 958. The molecular weight excluding hydrogens is 445 g/mol. The minimum Gasteiger partial charge on any atom is -0.342 e. The molecule has 2 fully saturated rings. The molecule has 170 valence electrons. The summed E-state index contributed by atoms with van der Waals surface area (Å²) in [6, 6.07) is 13.2. The van der Waals surface area contributed by atoms with Crippen LogP contribution in [0, 0.1) is 5.92 Å². The Hall–Kier alpha value is -2.08. The minimum atomic E-state index is -0.0637. The summed E-state index contributed by atoms with van der Waals surface area (Å²) in [4.78, 5) is 29.4. The van der Waals surface area contributed by atoms with Crippen molar-refractivity contribution in [1.29, 1.82) is 0 Å². The molecule has 1 N–H and O–H groups in total. The predicted molar refractivity (Wildman–Crippen MR) is 129 cm³/mol. The molecule has 0 spiro atoms. The van der Waals surface area contributed by atoms with E-state index in [1.165, 1.54) is 0 Å². The van der Waals surface area contributed by atoms with Gasteiger partial charge in [-0.2, -0.15) is 0 Å². The van der Waals surface area contributed by atoms with E-state index in [1.54, 1.807) is 6.07 Å². The molecular formula is C25H29Cl2N3O2. The maximum absolute atomic E-state index is 12.9. The molecule has 5 nitrogen and oxygen atoms in total. The number of rotatable bonds is 6. The van der Waals surface area contributed by atoms with Crippen LogP contribution in [-0.2, 0) is 22.6 Å². The maximum Gasteiger partial charge on any atom is 0.228 e. The van der Waals surface area contributed by atoms with Gasteiger partial charge in [-0.3, -0.25) is 14.5 Å². The van der Waals surface area contributed by atoms with Crippen LogP contribution in [0.4, 0.5) is 5.69 Å². The van der Waals surface area contributed by atoms with E-state index in [1.807, 2.05) is 41.3 Å². The van der Waals surface area contributed by atoms with Crippen molar-refractivity contribution in [3.63, 3.8) is 0 Å². The quantitative estimate of drug-likeness (QED) is 0.641. The maximum atomic E-state index is 12.9. The normalized spacial score (nSPS) is 19.2. The lowest BCUT2D eigenvalue weighted by Crippen LogP contribution is -2.40. The number of benzene rings is 2. The number of nitrogens with zero attached hydrogens (tertiary/aromatic N) is 2. The molecule has 32 heavy (non-hydrogen) atoms. The summed E-state index contributed by atoms with van der Waals surface area (Å²) in [5.74, 6) is 0.159. The third-order valence-corrected chi connectivity index (χ3v) is 6.91. The van der Waals surface area contributed by atoms with Crippen LogP contribution >= 0.6 is 23.2 Å². The fraction of sp³-hybridized carbons (Fsp3) is 0.440. The van der Waals surface area contributed by atoms with E-state index >= 15 is 0 Å². The second-order valence-corrected chi connectivity index (χ2v) is 9.60. The highest BCUT2D eigenvalue weighted by Crippen LogP contribution is 2.25. The molecule has 1 atom stereocenters. The van der Waals surface area contributed by atoms with Crippen LogP contribution in [0.15, 0.2) is 42.5 Å². The highest BCUT2D eigenvalue weighted by molar-refractivity contribution is 6.35. The van der Waals surface area contributed by atoms with Gasteiger partial charge < -0.3 is 10.2 Å². The zero-order valence-electron chi connectivity index (χ0n) is 18.2. The summed E-state index contributed by atoms with van der Waals surface area (Å²) < 4.78 is 0. The topological polar surface area (TPSA) is 52.7 Å². The van der Waals surface area contributed by atoms with Crippen LogP contribution in [0.1, 0.15) is 36.8 Å². The molecule has 0 radical (unpaired) electrons. The van der Waals surface area contributed by atoms with Crippen molar-refractivity contribution in [2.24, 2.45) is 5.92 Å². The molecule has 2 aliphatic heterocycles. The SMILES string of the molecule is O=C(Nc1ccc(CC(=O)N2CCCC2)cc1)C1CCCN(Cc2ccc(Cl)cc2Cl)C1. The lowest BCUT2D eigenvalue weighted by atomic mass is 9.96. The van der Waals surface area contributed by atoms with Gasteiger partial charge in [-0.05, 0) is 67.6 Å². The van der Waals surface area contributed by atoms with Crippen molar-refractivity contribution in [3.8, 4) is 0 Å². The van der Waals surface area contributed by atoms with Crippen LogP contribution < -0.4 is 5.32 Å². The van der Waals surface area contributed by atoms with E-state index in [4.69, 9.17) is 23.2 Å². The van der Waals surface area contributed by atoms with Gasteiger partial charge in [0, 0.05) is 41.9 Å². The molecule has 7 heteroatoms. The fourth-order valence-electron chi connectivity index (χ4n) is 4.51. The van der Waals surface area contributed by atoms with E-state index in [-0.39, 0.29) is 17.7 Å². The van der Waals surface area contributed by atoms with Gasteiger partial charge in [0.15, 0.2) is 0 Å². The lowest BCUT2D eigenvalue weighted by molar-refractivity contribution is -0.129. The number of hydrogen-bond acceptors (Lipinski definition) is 3. The minimum absolute atomic E-state index is 0.0396. The molecule has 2 aromatic rings. The summed E-state index contributed by atoms with van der Waals surface area (Å²) in [7, 11) is 0. The number of likely N-dealkylation sites (tertiary alicyclic amines) is 2. The molecule has 4 rings (SSSR count). The number of carbonyl (C=O) groups excluding carboxylic acids is 2. The van der Waals surface area contributed by atoms with Crippen molar-refractivity contribution in [3.05, 3.63) is 63.6 Å². The van der Waals surface area contributed by atoms with Crippen LogP contribution in [0.3, 0.4) is 0 Å². The van der Waals surface area contributed by atoms with Gasteiger partial charge in [-0.1, -0.05) is 41.4 Å². The predicted octanol–water partition coefficient (Wildman–Crippen LogP) is 5.01. The lowest BCUT2D eigenvalue weighted by Gasteiger charge is -2.32. The number of halogens is 2.